The minimum Gasteiger partial charge on any atom is -0.314 e. The lowest BCUT2D eigenvalue weighted by molar-refractivity contribution is 0.0809. The molecule has 1 N–H and O–H groups in total. The average molecular weight is 266 g/mol. The van der Waals surface area contributed by atoms with Crippen molar-refractivity contribution in [2.24, 2.45) is 5.92 Å². The van der Waals surface area contributed by atoms with Gasteiger partial charge in [0.05, 0.1) is 0 Å². The molecule has 2 aliphatic rings. The van der Waals surface area contributed by atoms with Crippen molar-refractivity contribution in [2.75, 3.05) is 26.2 Å². The molecule has 1 atom stereocenters. The van der Waals surface area contributed by atoms with Crippen LogP contribution in [0.1, 0.15) is 30.9 Å². The molecule has 2 nitrogen and oxygen atoms in total. The zero-order chi connectivity index (χ0) is 13.2. The van der Waals surface area contributed by atoms with Crippen LogP contribution in [0.2, 0.25) is 0 Å². The van der Waals surface area contributed by atoms with Crippen molar-refractivity contribution in [3.63, 3.8) is 0 Å². The second-order valence-electron chi connectivity index (χ2n) is 5.59. The third-order valence-electron chi connectivity index (χ3n) is 4.42. The molecule has 1 aromatic carbocycles. The SMILES string of the molecule is Fc1ccc(F)c(C(C2CCC2)N2CCNCC2)c1. The standard InChI is InChI=1S/C15H20F2N2/c16-12-4-5-14(17)13(10-12)15(11-2-1-3-11)19-8-6-18-7-9-19/h4-5,10-11,15,18H,1-3,6-9H2. The lowest BCUT2D eigenvalue weighted by Gasteiger charge is -2.43. The maximum atomic E-state index is 14.1. The van der Waals surface area contributed by atoms with Gasteiger partial charge in [-0.25, -0.2) is 8.78 Å². The minimum atomic E-state index is -0.337. The van der Waals surface area contributed by atoms with Gasteiger partial charge in [-0.05, 0) is 37.0 Å². The Hall–Kier alpha value is -1.00. The Morgan fingerprint density at radius 3 is 2.53 bits per heavy atom. The molecule has 0 amide bonds. The molecule has 1 aromatic rings. The number of hydrogen-bond donors (Lipinski definition) is 1. The molecule has 1 aliphatic carbocycles. The van der Waals surface area contributed by atoms with Gasteiger partial charge in [-0.1, -0.05) is 6.42 Å². The summed E-state index contributed by atoms with van der Waals surface area (Å²) in [6.45, 7) is 3.69. The Labute approximate surface area is 112 Å². The highest BCUT2D eigenvalue weighted by atomic mass is 19.1. The maximum Gasteiger partial charge on any atom is 0.128 e. The molecule has 19 heavy (non-hydrogen) atoms. The van der Waals surface area contributed by atoms with Crippen molar-refractivity contribution < 1.29 is 8.78 Å². The van der Waals surface area contributed by atoms with Gasteiger partial charge >= 0.3 is 0 Å². The monoisotopic (exact) mass is 266 g/mol. The van der Waals surface area contributed by atoms with Crippen LogP contribution in [0.5, 0.6) is 0 Å². The van der Waals surface area contributed by atoms with E-state index < -0.39 is 0 Å². The number of rotatable bonds is 3. The summed E-state index contributed by atoms with van der Waals surface area (Å²) in [7, 11) is 0. The van der Waals surface area contributed by atoms with Crippen molar-refractivity contribution in [3.8, 4) is 0 Å². The smallest absolute Gasteiger partial charge is 0.128 e. The fourth-order valence-corrected chi connectivity index (χ4v) is 3.21. The summed E-state index contributed by atoms with van der Waals surface area (Å²) < 4.78 is 27.5. The van der Waals surface area contributed by atoms with Crippen molar-refractivity contribution in [1.29, 1.82) is 0 Å². The van der Waals surface area contributed by atoms with Crippen LogP contribution in [0.3, 0.4) is 0 Å². The first kappa shape index (κ1) is 13.0. The summed E-state index contributed by atoms with van der Waals surface area (Å²) in [5.41, 5.74) is 0.548. The Kier molecular flexibility index (Phi) is 3.80. The summed E-state index contributed by atoms with van der Waals surface area (Å²) in [6, 6.07) is 3.90. The van der Waals surface area contributed by atoms with E-state index in [1.54, 1.807) is 0 Å². The van der Waals surface area contributed by atoms with Crippen LogP contribution in [-0.2, 0) is 0 Å². The highest BCUT2D eigenvalue weighted by Crippen LogP contribution is 2.42. The molecule has 1 aliphatic heterocycles. The summed E-state index contributed by atoms with van der Waals surface area (Å²) in [4.78, 5) is 2.32. The fraction of sp³-hybridized carbons (Fsp3) is 0.600. The Morgan fingerprint density at radius 1 is 1.16 bits per heavy atom. The van der Waals surface area contributed by atoms with E-state index in [0.29, 0.717) is 11.5 Å². The van der Waals surface area contributed by atoms with Gasteiger partial charge < -0.3 is 5.32 Å². The van der Waals surface area contributed by atoms with Crippen molar-refractivity contribution >= 4 is 0 Å². The number of nitrogens with zero attached hydrogens (tertiary/aromatic N) is 1. The van der Waals surface area contributed by atoms with Crippen LogP contribution in [0, 0.1) is 17.6 Å². The molecule has 0 radical (unpaired) electrons. The summed E-state index contributed by atoms with van der Waals surface area (Å²) in [6.07, 6.45) is 3.47. The summed E-state index contributed by atoms with van der Waals surface area (Å²) in [5, 5.41) is 3.31. The Balaban J connectivity index is 1.90. The van der Waals surface area contributed by atoms with Gasteiger partial charge in [-0.3, -0.25) is 4.90 Å². The topological polar surface area (TPSA) is 15.3 Å². The van der Waals surface area contributed by atoms with E-state index in [9.17, 15) is 8.78 Å². The number of benzene rings is 1. The van der Waals surface area contributed by atoms with Crippen LogP contribution in [0.4, 0.5) is 8.78 Å². The van der Waals surface area contributed by atoms with E-state index in [1.165, 1.54) is 24.6 Å². The molecule has 1 saturated carbocycles. The zero-order valence-corrected chi connectivity index (χ0v) is 11.0. The predicted molar refractivity (Wildman–Crippen MR) is 70.9 cm³/mol. The molecule has 1 heterocycles. The molecule has 3 rings (SSSR count). The lowest BCUT2D eigenvalue weighted by Crippen LogP contribution is -2.48. The van der Waals surface area contributed by atoms with Gasteiger partial charge in [0.15, 0.2) is 0 Å². The first-order chi connectivity index (χ1) is 9.25. The van der Waals surface area contributed by atoms with Gasteiger partial charge in [-0.15, -0.1) is 0 Å². The third-order valence-corrected chi connectivity index (χ3v) is 4.42. The van der Waals surface area contributed by atoms with Gasteiger partial charge in [-0.2, -0.15) is 0 Å². The second kappa shape index (κ2) is 5.55. The Morgan fingerprint density at radius 2 is 1.89 bits per heavy atom. The van der Waals surface area contributed by atoms with Crippen molar-refractivity contribution in [3.05, 3.63) is 35.4 Å². The Bertz CT molecular complexity index is 440. The van der Waals surface area contributed by atoms with Gasteiger partial charge in [0, 0.05) is 37.8 Å². The van der Waals surface area contributed by atoms with Crippen molar-refractivity contribution in [1.82, 2.24) is 10.2 Å². The van der Waals surface area contributed by atoms with Crippen LogP contribution in [0.25, 0.3) is 0 Å². The number of piperazine rings is 1. The molecule has 1 saturated heterocycles. The molecule has 0 spiro atoms. The van der Waals surface area contributed by atoms with Crippen LogP contribution < -0.4 is 5.32 Å². The minimum absolute atomic E-state index is 0.0477. The fourth-order valence-electron chi connectivity index (χ4n) is 3.21. The molecule has 104 valence electrons. The average Bonchev–Trinajstić information content (AvgIpc) is 2.38. The van der Waals surface area contributed by atoms with Gasteiger partial charge in [0.1, 0.15) is 11.6 Å². The lowest BCUT2D eigenvalue weighted by atomic mass is 9.76. The van der Waals surface area contributed by atoms with E-state index in [-0.39, 0.29) is 17.7 Å². The highest BCUT2D eigenvalue weighted by Gasteiger charge is 2.35. The highest BCUT2D eigenvalue weighted by molar-refractivity contribution is 5.24. The van der Waals surface area contributed by atoms with Crippen LogP contribution >= 0.6 is 0 Å². The number of halogens is 2. The van der Waals surface area contributed by atoms with Crippen LogP contribution in [0.15, 0.2) is 18.2 Å². The summed E-state index contributed by atoms with van der Waals surface area (Å²) in [5.74, 6) is -0.123. The van der Waals surface area contributed by atoms with E-state index in [0.717, 1.165) is 39.0 Å². The predicted octanol–water partition coefficient (Wildman–Crippen LogP) is 2.71. The van der Waals surface area contributed by atoms with Gasteiger partial charge in [0.2, 0.25) is 0 Å². The van der Waals surface area contributed by atoms with Gasteiger partial charge in [0.25, 0.3) is 0 Å². The van der Waals surface area contributed by atoms with E-state index in [4.69, 9.17) is 0 Å². The number of hydrogen-bond acceptors (Lipinski definition) is 2. The molecular weight excluding hydrogens is 246 g/mol. The second-order valence-corrected chi connectivity index (χ2v) is 5.59. The molecule has 2 fully saturated rings. The maximum absolute atomic E-state index is 14.1. The van der Waals surface area contributed by atoms with E-state index in [1.807, 2.05) is 0 Å². The van der Waals surface area contributed by atoms with E-state index >= 15 is 0 Å². The molecule has 0 bridgehead atoms. The first-order valence-electron chi connectivity index (χ1n) is 7.15. The molecule has 4 heteroatoms. The summed E-state index contributed by atoms with van der Waals surface area (Å²) >= 11 is 0. The first-order valence-corrected chi connectivity index (χ1v) is 7.15. The molecule has 0 aromatic heterocycles. The van der Waals surface area contributed by atoms with E-state index in [2.05, 4.69) is 10.2 Å². The largest absolute Gasteiger partial charge is 0.314 e. The molecular formula is C15H20F2N2. The van der Waals surface area contributed by atoms with Crippen LogP contribution in [-0.4, -0.2) is 31.1 Å². The molecule has 1 unspecified atom stereocenters. The third kappa shape index (κ3) is 2.65. The quantitative estimate of drug-likeness (QED) is 0.905. The normalized spacial score (nSPS) is 23.1. The van der Waals surface area contributed by atoms with Crippen molar-refractivity contribution in [2.45, 2.75) is 25.3 Å². The number of nitrogens with one attached hydrogen (secondary N) is 1. The zero-order valence-electron chi connectivity index (χ0n) is 11.0.